The predicted molar refractivity (Wildman–Crippen MR) is 196 cm³/mol. The molecule has 0 atom stereocenters. The molecule has 0 saturated heterocycles. The van der Waals surface area contributed by atoms with Crippen LogP contribution in [0, 0.1) is 0 Å². The van der Waals surface area contributed by atoms with Gasteiger partial charge in [0.1, 0.15) is 0 Å². The number of benzene rings is 8. The molecule has 1 aliphatic carbocycles. The van der Waals surface area contributed by atoms with Crippen LogP contribution in [0.15, 0.2) is 152 Å². The molecule has 1 heteroatoms. The number of hydrogen-bond acceptors (Lipinski definition) is 0. The molecule has 1 aliphatic rings. The van der Waals surface area contributed by atoms with Crippen molar-refractivity contribution >= 4 is 54.1 Å². The number of fused-ring (bicyclic) bond motifs is 13. The molecule has 0 aliphatic heterocycles. The number of hydrogen-bond donors (Lipinski definition) is 0. The van der Waals surface area contributed by atoms with Crippen LogP contribution in [-0.4, -0.2) is 4.57 Å². The third-order valence-electron chi connectivity index (χ3n) is 10.5. The van der Waals surface area contributed by atoms with E-state index in [-0.39, 0.29) is 5.41 Å². The topological polar surface area (TPSA) is 4.93 Å². The summed E-state index contributed by atoms with van der Waals surface area (Å²) in [5.74, 6) is 0. The van der Waals surface area contributed by atoms with Crippen molar-refractivity contribution in [2.45, 2.75) is 19.3 Å². The number of aromatic nitrogens is 1. The van der Waals surface area contributed by atoms with Crippen molar-refractivity contribution < 1.29 is 0 Å². The van der Waals surface area contributed by atoms with Crippen LogP contribution in [-0.2, 0) is 5.41 Å². The molecular weight excluding hydrogens is 555 g/mol. The van der Waals surface area contributed by atoms with E-state index in [0.29, 0.717) is 0 Å². The van der Waals surface area contributed by atoms with E-state index in [4.69, 9.17) is 0 Å². The summed E-state index contributed by atoms with van der Waals surface area (Å²) >= 11 is 0. The summed E-state index contributed by atoms with van der Waals surface area (Å²) in [4.78, 5) is 0. The van der Waals surface area contributed by atoms with E-state index in [1.807, 2.05) is 0 Å². The molecule has 0 amide bonds. The Morgan fingerprint density at radius 2 is 1.00 bits per heavy atom. The number of para-hydroxylation sites is 1. The van der Waals surface area contributed by atoms with Gasteiger partial charge in [-0.05, 0) is 90.0 Å². The molecule has 1 heterocycles. The highest BCUT2D eigenvalue weighted by Crippen LogP contribution is 2.53. The SMILES string of the molecule is CC1(C)c2ccccc2-c2ccc3c4ccccc4n(-c4cccc(-c5ccc6c7ccccc7c7ccccc7c6c5)c4)c3c21. The van der Waals surface area contributed by atoms with Gasteiger partial charge in [0.05, 0.1) is 11.0 Å². The fourth-order valence-corrected chi connectivity index (χ4v) is 8.49. The van der Waals surface area contributed by atoms with Gasteiger partial charge in [0.2, 0.25) is 0 Å². The Labute approximate surface area is 268 Å². The van der Waals surface area contributed by atoms with Crippen molar-refractivity contribution in [3.8, 4) is 27.9 Å². The molecule has 0 N–H and O–H groups in total. The molecule has 10 rings (SSSR count). The van der Waals surface area contributed by atoms with Crippen LogP contribution in [0.25, 0.3) is 82.1 Å². The summed E-state index contributed by atoms with van der Waals surface area (Å²) in [5.41, 5.74) is 11.6. The van der Waals surface area contributed by atoms with Gasteiger partial charge < -0.3 is 4.57 Å². The Morgan fingerprint density at radius 3 is 1.76 bits per heavy atom. The van der Waals surface area contributed by atoms with Crippen LogP contribution in [0.5, 0.6) is 0 Å². The van der Waals surface area contributed by atoms with Crippen LogP contribution < -0.4 is 0 Å². The maximum Gasteiger partial charge on any atom is 0.0588 e. The van der Waals surface area contributed by atoms with Crippen molar-refractivity contribution in [2.75, 3.05) is 0 Å². The maximum atomic E-state index is 2.52. The normalized spacial score (nSPS) is 13.6. The lowest BCUT2D eigenvalue weighted by atomic mass is 9.81. The minimum absolute atomic E-state index is 0.114. The van der Waals surface area contributed by atoms with Crippen molar-refractivity contribution in [3.05, 3.63) is 163 Å². The van der Waals surface area contributed by atoms with E-state index in [1.54, 1.807) is 0 Å². The predicted octanol–water partition coefficient (Wildman–Crippen LogP) is 12.2. The van der Waals surface area contributed by atoms with E-state index in [1.165, 1.54) is 93.2 Å². The highest BCUT2D eigenvalue weighted by molar-refractivity contribution is 6.25. The summed E-state index contributed by atoms with van der Waals surface area (Å²) in [6, 6.07) is 56.3. The summed E-state index contributed by atoms with van der Waals surface area (Å²) < 4.78 is 2.52. The first-order valence-corrected chi connectivity index (χ1v) is 16.2. The molecule has 46 heavy (non-hydrogen) atoms. The third-order valence-corrected chi connectivity index (χ3v) is 10.5. The molecule has 0 unspecified atom stereocenters. The lowest BCUT2D eigenvalue weighted by Gasteiger charge is -2.23. The first kappa shape index (κ1) is 25.6. The molecule has 0 radical (unpaired) electrons. The Kier molecular flexibility index (Phi) is 5.12. The van der Waals surface area contributed by atoms with Gasteiger partial charge in [0.25, 0.3) is 0 Å². The highest BCUT2D eigenvalue weighted by Gasteiger charge is 2.38. The summed E-state index contributed by atoms with van der Waals surface area (Å²) in [5, 5.41) is 10.4. The van der Waals surface area contributed by atoms with Crippen molar-refractivity contribution in [1.82, 2.24) is 4.57 Å². The molecule has 8 aromatic carbocycles. The van der Waals surface area contributed by atoms with Gasteiger partial charge in [-0.25, -0.2) is 0 Å². The number of rotatable bonds is 2. The van der Waals surface area contributed by atoms with Gasteiger partial charge in [-0.1, -0.05) is 141 Å². The lowest BCUT2D eigenvalue weighted by Crippen LogP contribution is -2.16. The molecule has 1 nitrogen and oxygen atoms in total. The smallest absolute Gasteiger partial charge is 0.0588 e. The number of nitrogens with zero attached hydrogens (tertiary/aromatic N) is 1. The molecule has 0 fully saturated rings. The van der Waals surface area contributed by atoms with Crippen molar-refractivity contribution in [2.24, 2.45) is 0 Å². The van der Waals surface area contributed by atoms with Crippen molar-refractivity contribution in [3.63, 3.8) is 0 Å². The monoisotopic (exact) mass is 585 g/mol. The molecule has 0 spiro atoms. The van der Waals surface area contributed by atoms with Crippen LogP contribution in [0.1, 0.15) is 25.0 Å². The molecule has 216 valence electrons. The summed E-state index contributed by atoms with van der Waals surface area (Å²) in [6.07, 6.45) is 0. The van der Waals surface area contributed by atoms with Gasteiger partial charge in [0.15, 0.2) is 0 Å². The maximum absolute atomic E-state index is 2.52. The van der Waals surface area contributed by atoms with E-state index in [2.05, 4.69) is 170 Å². The first-order valence-electron chi connectivity index (χ1n) is 16.2. The third kappa shape index (κ3) is 3.35. The Morgan fingerprint density at radius 1 is 0.413 bits per heavy atom. The Hall–Kier alpha value is -5.66. The molecule has 0 saturated carbocycles. The zero-order valence-electron chi connectivity index (χ0n) is 25.9. The standard InChI is InChI=1S/C45H31N/c1-45(2)41-20-9-7-18-36(41)38-24-25-39-37-19-8-10-21-42(37)46(44(39)43(38)45)30-13-11-12-28(26-30)29-22-23-35-33-16-4-3-14-31(33)32-15-5-6-17-34(32)40(35)27-29/h3-27H,1-2H3. The van der Waals surface area contributed by atoms with Gasteiger partial charge in [-0.15, -0.1) is 0 Å². The van der Waals surface area contributed by atoms with Crippen LogP contribution in [0.2, 0.25) is 0 Å². The Balaban J connectivity index is 1.24. The minimum Gasteiger partial charge on any atom is -0.309 e. The first-order chi connectivity index (χ1) is 22.6. The van der Waals surface area contributed by atoms with Gasteiger partial charge in [-0.2, -0.15) is 0 Å². The van der Waals surface area contributed by atoms with Gasteiger partial charge in [0, 0.05) is 21.9 Å². The summed E-state index contributed by atoms with van der Waals surface area (Å²) in [6.45, 7) is 4.78. The van der Waals surface area contributed by atoms with Gasteiger partial charge >= 0.3 is 0 Å². The van der Waals surface area contributed by atoms with Crippen LogP contribution in [0.4, 0.5) is 0 Å². The van der Waals surface area contributed by atoms with Gasteiger partial charge in [-0.3, -0.25) is 0 Å². The second-order valence-corrected chi connectivity index (χ2v) is 13.3. The zero-order valence-corrected chi connectivity index (χ0v) is 25.9. The average molecular weight is 586 g/mol. The average Bonchev–Trinajstić information content (AvgIpc) is 3.57. The van der Waals surface area contributed by atoms with E-state index >= 15 is 0 Å². The molecule has 1 aromatic heterocycles. The molecule has 9 aromatic rings. The van der Waals surface area contributed by atoms with E-state index in [9.17, 15) is 0 Å². The fourth-order valence-electron chi connectivity index (χ4n) is 8.49. The molecule has 0 bridgehead atoms. The van der Waals surface area contributed by atoms with E-state index < -0.39 is 0 Å². The van der Waals surface area contributed by atoms with E-state index in [0.717, 1.165) is 0 Å². The second kappa shape index (κ2) is 9.19. The van der Waals surface area contributed by atoms with Crippen LogP contribution in [0.3, 0.4) is 0 Å². The largest absolute Gasteiger partial charge is 0.309 e. The molecular formula is C45H31N. The quantitative estimate of drug-likeness (QED) is 0.178. The van der Waals surface area contributed by atoms with Crippen LogP contribution >= 0.6 is 0 Å². The second-order valence-electron chi connectivity index (χ2n) is 13.3. The highest BCUT2D eigenvalue weighted by atomic mass is 15.0. The fraction of sp³-hybridized carbons (Fsp3) is 0.0667. The van der Waals surface area contributed by atoms with Crippen molar-refractivity contribution in [1.29, 1.82) is 0 Å². The minimum atomic E-state index is -0.114. The summed E-state index contributed by atoms with van der Waals surface area (Å²) in [7, 11) is 0. The Bertz CT molecular complexity index is 2690. The lowest BCUT2D eigenvalue weighted by molar-refractivity contribution is 0.664. The zero-order chi connectivity index (χ0) is 30.6.